The van der Waals surface area contributed by atoms with E-state index in [1.54, 1.807) is 14.1 Å². The van der Waals surface area contributed by atoms with Crippen molar-refractivity contribution >= 4 is 11.9 Å². The van der Waals surface area contributed by atoms with Gasteiger partial charge in [-0.3, -0.25) is 4.79 Å². The van der Waals surface area contributed by atoms with Gasteiger partial charge >= 0.3 is 5.97 Å². The molecule has 0 spiro atoms. The molecule has 2 unspecified atom stereocenters. The van der Waals surface area contributed by atoms with E-state index in [2.05, 4.69) is 4.74 Å². The van der Waals surface area contributed by atoms with Crippen molar-refractivity contribution < 1.29 is 19.4 Å². The molecule has 11 heavy (non-hydrogen) atoms. The van der Waals surface area contributed by atoms with E-state index < -0.39 is 18.2 Å². The molecule has 0 bridgehead atoms. The number of carbonyl (C=O) groups is 2. The summed E-state index contributed by atoms with van der Waals surface area (Å²) in [5.41, 5.74) is 0. The lowest BCUT2D eigenvalue weighted by Gasteiger charge is -2.05. The number of carboxylic acid groups (broad SMARTS) is 1. The molecule has 1 aliphatic rings. The smallest absolute Gasteiger partial charge is 0.336 e. The summed E-state index contributed by atoms with van der Waals surface area (Å²) in [7, 11) is 3.12. The van der Waals surface area contributed by atoms with E-state index in [0.717, 1.165) is 0 Å². The highest BCUT2D eigenvalue weighted by molar-refractivity contribution is 5.91. The summed E-state index contributed by atoms with van der Waals surface area (Å²) in [6.45, 7) is 0. The molecule has 0 aromatic heterocycles. The van der Waals surface area contributed by atoms with E-state index in [0.29, 0.717) is 0 Å². The Morgan fingerprint density at radius 1 is 1.36 bits per heavy atom. The zero-order valence-corrected chi connectivity index (χ0v) is 6.27. The van der Waals surface area contributed by atoms with E-state index in [-0.39, 0.29) is 5.91 Å². The van der Waals surface area contributed by atoms with E-state index in [1.165, 1.54) is 4.90 Å². The van der Waals surface area contributed by atoms with Gasteiger partial charge in [0.15, 0.2) is 12.2 Å². The summed E-state index contributed by atoms with van der Waals surface area (Å²) in [6.07, 6.45) is -1.69. The molecule has 1 fully saturated rings. The zero-order valence-electron chi connectivity index (χ0n) is 6.27. The van der Waals surface area contributed by atoms with Gasteiger partial charge in [-0.15, -0.1) is 0 Å². The van der Waals surface area contributed by atoms with Crippen molar-refractivity contribution in [2.24, 2.45) is 0 Å². The maximum atomic E-state index is 11.0. The zero-order chi connectivity index (χ0) is 8.59. The Morgan fingerprint density at radius 2 is 1.91 bits per heavy atom. The average Bonchev–Trinajstić information content (AvgIpc) is 2.63. The minimum atomic E-state index is -1.08. The monoisotopic (exact) mass is 159 g/mol. The third-order valence-corrected chi connectivity index (χ3v) is 1.42. The van der Waals surface area contributed by atoms with Crippen LogP contribution < -0.4 is 0 Å². The second-order valence-corrected chi connectivity index (χ2v) is 2.55. The normalized spacial score (nSPS) is 27.8. The maximum Gasteiger partial charge on any atom is 0.336 e. The molecule has 1 saturated heterocycles. The van der Waals surface area contributed by atoms with E-state index in [9.17, 15) is 9.59 Å². The quantitative estimate of drug-likeness (QED) is 0.520. The molecule has 0 aliphatic carbocycles. The molecule has 0 aromatic carbocycles. The fourth-order valence-electron chi connectivity index (χ4n) is 0.742. The van der Waals surface area contributed by atoms with Crippen molar-refractivity contribution in [1.82, 2.24) is 4.90 Å². The molecular weight excluding hydrogens is 150 g/mol. The van der Waals surface area contributed by atoms with Gasteiger partial charge in [0, 0.05) is 14.1 Å². The van der Waals surface area contributed by atoms with Crippen LogP contribution in [0.25, 0.3) is 0 Å². The molecular formula is C6H9NO4. The van der Waals surface area contributed by atoms with Crippen LogP contribution in [0.15, 0.2) is 0 Å². The predicted octanol–water partition coefficient (Wildman–Crippen LogP) is -1.07. The fourth-order valence-corrected chi connectivity index (χ4v) is 0.742. The summed E-state index contributed by atoms with van der Waals surface area (Å²) >= 11 is 0. The van der Waals surface area contributed by atoms with Gasteiger partial charge in [-0.2, -0.15) is 0 Å². The molecule has 1 heterocycles. The maximum absolute atomic E-state index is 11.0. The lowest BCUT2D eigenvalue weighted by molar-refractivity contribution is -0.138. The SMILES string of the molecule is CN(C)C(=O)C1OC1C(=O)O. The molecule has 1 N–H and O–H groups in total. The topological polar surface area (TPSA) is 70.1 Å². The number of ether oxygens (including phenoxy) is 1. The number of rotatable bonds is 2. The number of hydrogen-bond acceptors (Lipinski definition) is 3. The minimum Gasteiger partial charge on any atom is -0.479 e. The number of likely N-dealkylation sites (N-methyl/N-ethyl adjacent to an activating group) is 1. The summed E-state index contributed by atoms with van der Waals surface area (Å²) in [6, 6.07) is 0. The van der Waals surface area contributed by atoms with Crippen LogP contribution >= 0.6 is 0 Å². The van der Waals surface area contributed by atoms with Gasteiger partial charge in [-0.1, -0.05) is 0 Å². The molecule has 5 heteroatoms. The van der Waals surface area contributed by atoms with Crippen LogP contribution in [0, 0.1) is 0 Å². The second-order valence-electron chi connectivity index (χ2n) is 2.55. The average molecular weight is 159 g/mol. The number of amides is 1. The molecule has 0 aromatic rings. The number of nitrogens with zero attached hydrogens (tertiary/aromatic N) is 1. The number of hydrogen-bond donors (Lipinski definition) is 1. The Hall–Kier alpha value is -1.10. The first kappa shape index (κ1) is 8.00. The van der Waals surface area contributed by atoms with Gasteiger partial charge in [-0.25, -0.2) is 4.79 Å². The van der Waals surface area contributed by atoms with Gasteiger partial charge in [0.25, 0.3) is 5.91 Å². The fraction of sp³-hybridized carbons (Fsp3) is 0.667. The van der Waals surface area contributed by atoms with Crippen LogP contribution in [0.1, 0.15) is 0 Å². The van der Waals surface area contributed by atoms with Crippen molar-refractivity contribution in [2.45, 2.75) is 12.2 Å². The Balaban J connectivity index is 2.44. The molecule has 1 aliphatic heterocycles. The van der Waals surface area contributed by atoms with Crippen LogP contribution in [0.2, 0.25) is 0 Å². The van der Waals surface area contributed by atoms with Crippen LogP contribution in [0.5, 0.6) is 0 Å². The molecule has 0 radical (unpaired) electrons. The molecule has 1 amide bonds. The molecule has 0 saturated carbocycles. The Kier molecular flexibility index (Phi) is 1.82. The van der Waals surface area contributed by atoms with Crippen molar-refractivity contribution in [3.8, 4) is 0 Å². The van der Waals surface area contributed by atoms with Crippen molar-refractivity contribution in [3.63, 3.8) is 0 Å². The number of carbonyl (C=O) groups excluding carboxylic acids is 1. The first-order valence-electron chi connectivity index (χ1n) is 3.13. The highest BCUT2D eigenvalue weighted by Crippen LogP contribution is 2.23. The largest absolute Gasteiger partial charge is 0.479 e. The van der Waals surface area contributed by atoms with Gasteiger partial charge in [-0.05, 0) is 0 Å². The minimum absolute atomic E-state index is 0.294. The lowest BCUT2D eigenvalue weighted by Crippen LogP contribution is -2.29. The van der Waals surface area contributed by atoms with Gasteiger partial charge in [0.1, 0.15) is 0 Å². The van der Waals surface area contributed by atoms with E-state index in [4.69, 9.17) is 5.11 Å². The van der Waals surface area contributed by atoms with Crippen LogP contribution in [0.3, 0.4) is 0 Å². The summed E-state index contributed by atoms with van der Waals surface area (Å²) in [4.78, 5) is 22.5. The Bertz CT molecular complexity index is 201. The van der Waals surface area contributed by atoms with Crippen molar-refractivity contribution in [3.05, 3.63) is 0 Å². The first-order chi connectivity index (χ1) is 5.04. The van der Waals surface area contributed by atoms with E-state index >= 15 is 0 Å². The Labute approximate surface area is 63.5 Å². The van der Waals surface area contributed by atoms with Gasteiger partial charge in [0.2, 0.25) is 0 Å². The highest BCUT2D eigenvalue weighted by atomic mass is 16.6. The Morgan fingerprint density at radius 3 is 2.18 bits per heavy atom. The lowest BCUT2D eigenvalue weighted by atomic mass is 10.3. The molecule has 5 nitrogen and oxygen atoms in total. The molecule has 62 valence electrons. The van der Waals surface area contributed by atoms with Gasteiger partial charge < -0.3 is 14.7 Å². The van der Waals surface area contributed by atoms with Gasteiger partial charge in [0.05, 0.1) is 0 Å². The highest BCUT2D eigenvalue weighted by Gasteiger charge is 2.51. The third kappa shape index (κ3) is 1.48. The molecule has 2 atom stereocenters. The summed E-state index contributed by atoms with van der Waals surface area (Å²) < 4.78 is 4.61. The predicted molar refractivity (Wildman–Crippen MR) is 35.0 cm³/mol. The standard InChI is InChI=1S/C6H9NO4/c1-7(2)5(8)3-4(11-3)6(9)10/h3-4H,1-2H3,(H,9,10). The molecule has 1 rings (SSSR count). The third-order valence-electron chi connectivity index (χ3n) is 1.42. The van der Waals surface area contributed by atoms with Crippen LogP contribution in [-0.2, 0) is 14.3 Å². The second kappa shape index (κ2) is 2.50. The number of epoxide rings is 1. The summed E-state index contributed by atoms with van der Waals surface area (Å²) in [5, 5.41) is 8.36. The first-order valence-corrected chi connectivity index (χ1v) is 3.13. The van der Waals surface area contributed by atoms with Crippen LogP contribution in [-0.4, -0.2) is 48.2 Å². The number of carboxylic acids is 1. The van der Waals surface area contributed by atoms with Crippen LogP contribution in [0.4, 0.5) is 0 Å². The van der Waals surface area contributed by atoms with E-state index in [1.807, 2.05) is 0 Å². The summed E-state index contributed by atoms with van der Waals surface area (Å²) in [5.74, 6) is -1.37. The van der Waals surface area contributed by atoms with Crippen molar-refractivity contribution in [1.29, 1.82) is 0 Å². The number of aliphatic carboxylic acids is 1. The van der Waals surface area contributed by atoms with Crippen molar-refractivity contribution in [2.75, 3.05) is 14.1 Å².